The molecule has 1 aliphatic heterocycles. The zero-order chi connectivity index (χ0) is 18.2. The predicted octanol–water partition coefficient (Wildman–Crippen LogP) is 2.99. The number of benzene rings is 1. The SMILES string of the molecule is CCOCCN1CCC(Nc2nc3ccccc3n2CCOCC)CC1. The van der Waals surface area contributed by atoms with Gasteiger partial charge in [0.25, 0.3) is 0 Å². The zero-order valence-electron chi connectivity index (χ0n) is 16.1. The van der Waals surface area contributed by atoms with Gasteiger partial charge < -0.3 is 24.3 Å². The molecule has 6 nitrogen and oxygen atoms in total. The quantitative estimate of drug-likeness (QED) is 0.660. The average molecular weight is 361 g/mol. The highest BCUT2D eigenvalue weighted by Crippen LogP contribution is 2.22. The van der Waals surface area contributed by atoms with E-state index in [4.69, 9.17) is 14.5 Å². The molecule has 0 amide bonds. The first kappa shape index (κ1) is 19.1. The molecule has 6 heteroatoms. The molecule has 26 heavy (non-hydrogen) atoms. The summed E-state index contributed by atoms with van der Waals surface area (Å²) in [6.07, 6.45) is 2.28. The number of ether oxygens (including phenoxy) is 2. The third-order valence-electron chi connectivity index (χ3n) is 4.99. The maximum Gasteiger partial charge on any atom is 0.204 e. The molecule has 0 radical (unpaired) electrons. The van der Waals surface area contributed by atoms with Crippen LogP contribution in [0.1, 0.15) is 26.7 Å². The lowest BCUT2D eigenvalue weighted by molar-refractivity contribution is 0.103. The van der Waals surface area contributed by atoms with Crippen LogP contribution >= 0.6 is 0 Å². The standard InChI is InChI=1S/C20H32N4O2/c1-3-25-15-13-23-11-9-17(10-12-23)21-20-22-18-7-5-6-8-19(18)24(20)14-16-26-4-2/h5-8,17H,3-4,9-16H2,1-2H3,(H,21,22). The van der Waals surface area contributed by atoms with Gasteiger partial charge in [-0.1, -0.05) is 12.1 Å². The fourth-order valence-electron chi connectivity index (χ4n) is 3.53. The van der Waals surface area contributed by atoms with Crippen LogP contribution in [0, 0.1) is 0 Å². The van der Waals surface area contributed by atoms with Crippen LogP contribution in [-0.4, -0.2) is 66.6 Å². The molecule has 2 heterocycles. The van der Waals surface area contributed by atoms with E-state index in [0.29, 0.717) is 12.6 Å². The Morgan fingerprint density at radius 3 is 2.46 bits per heavy atom. The van der Waals surface area contributed by atoms with Crippen molar-refractivity contribution in [3.8, 4) is 0 Å². The molecule has 1 aromatic heterocycles. The number of piperidine rings is 1. The second-order valence-corrected chi connectivity index (χ2v) is 6.73. The molecular formula is C20H32N4O2. The topological polar surface area (TPSA) is 51.5 Å². The lowest BCUT2D eigenvalue weighted by Gasteiger charge is -2.32. The fourth-order valence-corrected chi connectivity index (χ4v) is 3.53. The highest BCUT2D eigenvalue weighted by Gasteiger charge is 2.21. The average Bonchev–Trinajstić information content (AvgIpc) is 3.01. The Labute approximate surface area is 156 Å². The molecule has 1 aromatic carbocycles. The smallest absolute Gasteiger partial charge is 0.204 e. The number of likely N-dealkylation sites (tertiary alicyclic amines) is 1. The monoisotopic (exact) mass is 360 g/mol. The van der Waals surface area contributed by atoms with E-state index in [2.05, 4.69) is 33.0 Å². The van der Waals surface area contributed by atoms with Gasteiger partial charge in [0.15, 0.2) is 0 Å². The first-order valence-corrected chi connectivity index (χ1v) is 9.91. The van der Waals surface area contributed by atoms with Crippen molar-refractivity contribution in [2.45, 2.75) is 39.3 Å². The van der Waals surface area contributed by atoms with Crippen LogP contribution in [-0.2, 0) is 16.0 Å². The maximum atomic E-state index is 5.57. The van der Waals surface area contributed by atoms with E-state index >= 15 is 0 Å². The van der Waals surface area contributed by atoms with E-state index in [1.807, 2.05) is 19.9 Å². The van der Waals surface area contributed by atoms with E-state index < -0.39 is 0 Å². The van der Waals surface area contributed by atoms with Crippen LogP contribution in [0.3, 0.4) is 0 Å². The van der Waals surface area contributed by atoms with E-state index in [1.54, 1.807) is 0 Å². The molecule has 0 atom stereocenters. The summed E-state index contributed by atoms with van der Waals surface area (Å²) in [5.41, 5.74) is 2.21. The van der Waals surface area contributed by atoms with Crippen molar-refractivity contribution in [2.75, 3.05) is 51.4 Å². The summed E-state index contributed by atoms with van der Waals surface area (Å²) in [6.45, 7) is 11.3. The minimum atomic E-state index is 0.473. The molecule has 144 valence electrons. The summed E-state index contributed by atoms with van der Waals surface area (Å²) in [7, 11) is 0. The molecule has 2 aromatic rings. The largest absolute Gasteiger partial charge is 0.380 e. The van der Waals surface area contributed by atoms with Crippen LogP contribution in [0.4, 0.5) is 5.95 Å². The van der Waals surface area contributed by atoms with Crippen LogP contribution in [0.5, 0.6) is 0 Å². The summed E-state index contributed by atoms with van der Waals surface area (Å²) in [5, 5.41) is 3.69. The summed E-state index contributed by atoms with van der Waals surface area (Å²) >= 11 is 0. The van der Waals surface area contributed by atoms with Crippen molar-refractivity contribution in [1.82, 2.24) is 14.5 Å². The van der Waals surface area contributed by atoms with Gasteiger partial charge in [-0.2, -0.15) is 0 Å². The van der Waals surface area contributed by atoms with Crippen molar-refractivity contribution in [1.29, 1.82) is 0 Å². The molecule has 1 fully saturated rings. The van der Waals surface area contributed by atoms with Gasteiger partial charge in [0.2, 0.25) is 5.95 Å². The van der Waals surface area contributed by atoms with Gasteiger partial charge in [-0.25, -0.2) is 4.98 Å². The van der Waals surface area contributed by atoms with Crippen molar-refractivity contribution in [3.05, 3.63) is 24.3 Å². The summed E-state index contributed by atoms with van der Waals surface area (Å²) in [6, 6.07) is 8.80. The summed E-state index contributed by atoms with van der Waals surface area (Å²) in [5.74, 6) is 0.971. The number of hydrogen-bond acceptors (Lipinski definition) is 5. The Hall–Kier alpha value is -1.63. The van der Waals surface area contributed by atoms with Crippen molar-refractivity contribution < 1.29 is 9.47 Å². The number of fused-ring (bicyclic) bond motifs is 1. The molecule has 3 rings (SSSR count). The number of imidazole rings is 1. The van der Waals surface area contributed by atoms with Gasteiger partial charge in [-0.05, 0) is 38.8 Å². The number of para-hydroxylation sites is 2. The van der Waals surface area contributed by atoms with Crippen molar-refractivity contribution >= 4 is 17.0 Å². The predicted molar refractivity (Wildman–Crippen MR) is 106 cm³/mol. The zero-order valence-corrected chi connectivity index (χ0v) is 16.1. The molecule has 1 aliphatic rings. The summed E-state index contributed by atoms with van der Waals surface area (Å²) < 4.78 is 13.3. The first-order valence-electron chi connectivity index (χ1n) is 9.91. The molecule has 0 bridgehead atoms. The highest BCUT2D eigenvalue weighted by atomic mass is 16.5. The number of anilines is 1. The Kier molecular flexibility index (Phi) is 7.29. The molecular weight excluding hydrogens is 328 g/mol. The third-order valence-corrected chi connectivity index (χ3v) is 4.99. The Balaban J connectivity index is 1.60. The Morgan fingerprint density at radius 1 is 1.04 bits per heavy atom. The van der Waals surface area contributed by atoms with Gasteiger partial charge in [0.05, 0.1) is 24.2 Å². The molecule has 1 saturated heterocycles. The normalized spacial score (nSPS) is 16.4. The van der Waals surface area contributed by atoms with Crippen LogP contribution < -0.4 is 5.32 Å². The van der Waals surface area contributed by atoms with Crippen LogP contribution in [0.2, 0.25) is 0 Å². The van der Waals surface area contributed by atoms with Gasteiger partial charge in [0, 0.05) is 45.4 Å². The second-order valence-electron chi connectivity index (χ2n) is 6.73. The molecule has 0 spiro atoms. The molecule has 0 saturated carbocycles. The fraction of sp³-hybridized carbons (Fsp3) is 0.650. The Bertz CT molecular complexity index is 665. The third kappa shape index (κ3) is 4.96. The van der Waals surface area contributed by atoms with Gasteiger partial charge in [0.1, 0.15) is 0 Å². The van der Waals surface area contributed by atoms with E-state index in [0.717, 1.165) is 70.3 Å². The Morgan fingerprint density at radius 2 is 1.73 bits per heavy atom. The maximum absolute atomic E-state index is 5.57. The number of aromatic nitrogens is 2. The lowest BCUT2D eigenvalue weighted by Crippen LogP contribution is -2.41. The van der Waals surface area contributed by atoms with Gasteiger partial charge in [-0.15, -0.1) is 0 Å². The first-order chi connectivity index (χ1) is 12.8. The van der Waals surface area contributed by atoms with Crippen molar-refractivity contribution in [3.63, 3.8) is 0 Å². The van der Waals surface area contributed by atoms with Crippen LogP contribution in [0.15, 0.2) is 24.3 Å². The number of nitrogens with one attached hydrogen (secondary N) is 1. The van der Waals surface area contributed by atoms with Crippen LogP contribution in [0.25, 0.3) is 11.0 Å². The number of rotatable bonds is 10. The summed E-state index contributed by atoms with van der Waals surface area (Å²) in [4.78, 5) is 7.32. The lowest BCUT2D eigenvalue weighted by atomic mass is 10.1. The minimum Gasteiger partial charge on any atom is -0.380 e. The van der Waals surface area contributed by atoms with E-state index in [1.165, 1.54) is 5.52 Å². The second kappa shape index (κ2) is 9.90. The number of hydrogen-bond donors (Lipinski definition) is 1. The van der Waals surface area contributed by atoms with E-state index in [9.17, 15) is 0 Å². The van der Waals surface area contributed by atoms with Gasteiger partial charge in [-0.3, -0.25) is 0 Å². The highest BCUT2D eigenvalue weighted by molar-refractivity contribution is 5.78. The van der Waals surface area contributed by atoms with E-state index in [-0.39, 0.29) is 0 Å². The minimum absolute atomic E-state index is 0.473. The van der Waals surface area contributed by atoms with Gasteiger partial charge >= 0.3 is 0 Å². The molecule has 1 N–H and O–H groups in total. The van der Waals surface area contributed by atoms with Crippen molar-refractivity contribution in [2.24, 2.45) is 0 Å². The molecule has 0 aliphatic carbocycles. The molecule has 0 unspecified atom stereocenters. The number of nitrogens with zero attached hydrogens (tertiary/aromatic N) is 3.